The molecule has 1 atom stereocenters. The first-order valence-corrected chi connectivity index (χ1v) is 6.02. The molecule has 3 nitrogen and oxygen atoms in total. The van der Waals surface area contributed by atoms with Crippen LogP contribution in [0.2, 0.25) is 0 Å². The van der Waals surface area contributed by atoms with Crippen LogP contribution in [0, 0.1) is 0 Å². The van der Waals surface area contributed by atoms with Gasteiger partial charge in [-0.05, 0) is 26.4 Å². The normalized spacial score (nSPS) is 21.3. The van der Waals surface area contributed by atoms with E-state index in [1.165, 1.54) is 24.3 Å². The summed E-state index contributed by atoms with van der Waals surface area (Å²) in [7, 11) is 2.21. The monoisotopic (exact) mass is 247 g/mol. The van der Waals surface area contributed by atoms with Crippen molar-refractivity contribution in [2.45, 2.75) is 25.4 Å². The minimum absolute atomic E-state index is 0. The summed E-state index contributed by atoms with van der Waals surface area (Å²) >= 11 is 1.74. The number of hydrogen-bond donors (Lipinski definition) is 1. The number of halogens is 1. The molecule has 0 unspecified atom stereocenters. The Hall–Kier alpha value is -0.160. The molecule has 1 aromatic heterocycles. The van der Waals surface area contributed by atoms with E-state index in [1.807, 2.05) is 11.7 Å². The van der Waals surface area contributed by atoms with Gasteiger partial charge < -0.3 is 5.32 Å². The van der Waals surface area contributed by atoms with Gasteiger partial charge in [0.1, 0.15) is 0 Å². The van der Waals surface area contributed by atoms with E-state index in [-0.39, 0.29) is 12.4 Å². The zero-order valence-electron chi connectivity index (χ0n) is 8.98. The fraction of sp³-hybridized carbons (Fsp3) is 0.700. The lowest BCUT2D eigenvalue weighted by molar-refractivity contribution is 0.197. The fourth-order valence-electron chi connectivity index (χ4n) is 1.90. The van der Waals surface area contributed by atoms with Crippen LogP contribution in [-0.4, -0.2) is 36.1 Å². The Kier molecular flexibility index (Phi) is 5.53. The average Bonchev–Trinajstić information content (AvgIpc) is 2.72. The molecule has 0 radical (unpaired) electrons. The Bertz CT molecular complexity index is 260. The van der Waals surface area contributed by atoms with E-state index in [1.54, 1.807) is 11.3 Å². The number of piperidine rings is 1. The van der Waals surface area contributed by atoms with E-state index < -0.39 is 0 Å². The van der Waals surface area contributed by atoms with Crippen LogP contribution in [-0.2, 0) is 6.54 Å². The third kappa shape index (κ3) is 3.72. The van der Waals surface area contributed by atoms with Gasteiger partial charge >= 0.3 is 0 Å². The molecule has 2 heterocycles. The average molecular weight is 248 g/mol. The highest BCUT2D eigenvalue weighted by molar-refractivity contribution is 7.09. The van der Waals surface area contributed by atoms with Gasteiger partial charge in [-0.3, -0.25) is 9.88 Å². The quantitative estimate of drug-likeness (QED) is 0.882. The van der Waals surface area contributed by atoms with E-state index in [2.05, 4.69) is 22.2 Å². The number of hydrogen-bond acceptors (Lipinski definition) is 4. The summed E-state index contributed by atoms with van der Waals surface area (Å²) in [5, 5.41) is 3.44. The Labute approximate surface area is 101 Å². The van der Waals surface area contributed by atoms with Gasteiger partial charge in [-0.25, -0.2) is 0 Å². The van der Waals surface area contributed by atoms with E-state index in [0.717, 1.165) is 13.1 Å². The van der Waals surface area contributed by atoms with Crippen molar-refractivity contribution in [1.82, 2.24) is 15.2 Å². The minimum Gasteiger partial charge on any atom is -0.315 e. The molecule has 0 saturated carbocycles. The van der Waals surface area contributed by atoms with Crippen LogP contribution in [0.15, 0.2) is 11.7 Å². The number of nitrogens with zero attached hydrogens (tertiary/aromatic N) is 2. The molecule has 0 spiro atoms. The molecular weight excluding hydrogens is 230 g/mol. The first-order valence-electron chi connectivity index (χ1n) is 5.14. The molecule has 0 aromatic carbocycles. The highest BCUT2D eigenvalue weighted by Gasteiger charge is 2.17. The number of rotatable bonds is 3. The van der Waals surface area contributed by atoms with Crippen molar-refractivity contribution in [3.05, 3.63) is 16.6 Å². The van der Waals surface area contributed by atoms with Gasteiger partial charge in [0.05, 0.1) is 5.51 Å². The maximum absolute atomic E-state index is 4.10. The lowest BCUT2D eigenvalue weighted by atomic mass is 10.1. The van der Waals surface area contributed by atoms with E-state index in [9.17, 15) is 0 Å². The number of aromatic nitrogens is 1. The topological polar surface area (TPSA) is 28.2 Å². The maximum Gasteiger partial charge on any atom is 0.0794 e. The smallest absolute Gasteiger partial charge is 0.0794 e. The second kappa shape index (κ2) is 6.43. The summed E-state index contributed by atoms with van der Waals surface area (Å²) in [6.45, 7) is 3.36. The first kappa shape index (κ1) is 12.9. The van der Waals surface area contributed by atoms with Crippen LogP contribution < -0.4 is 5.32 Å². The van der Waals surface area contributed by atoms with E-state index in [0.29, 0.717) is 6.04 Å². The molecule has 0 bridgehead atoms. The molecule has 1 aliphatic rings. The van der Waals surface area contributed by atoms with Gasteiger partial charge in [0, 0.05) is 30.2 Å². The first-order chi connectivity index (χ1) is 6.86. The van der Waals surface area contributed by atoms with Crippen molar-refractivity contribution >= 4 is 23.7 Å². The SMILES string of the molecule is CN(Cc1cncs1)[C@@H]1CCCNC1.Cl. The molecule has 1 fully saturated rings. The van der Waals surface area contributed by atoms with Gasteiger partial charge in [-0.2, -0.15) is 0 Å². The van der Waals surface area contributed by atoms with E-state index >= 15 is 0 Å². The summed E-state index contributed by atoms with van der Waals surface area (Å²) in [5.41, 5.74) is 1.91. The molecule has 5 heteroatoms. The number of likely N-dealkylation sites (N-methyl/N-ethyl adjacent to an activating group) is 1. The predicted octanol–water partition coefficient (Wildman–Crippen LogP) is 1.75. The fourth-order valence-corrected chi connectivity index (χ4v) is 2.56. The Balaban J connectivity index is 0.00000112. The van der Waals surface area contributed by atoms with Crippen molar-refractivity contribution in [3.8, 4) is 0 Å². The van der Waals surface area contributed by atoms with Gasteiger partial charge in [0.15, 0.2) is 0 Å². The second-order valence-electron chi connectivity index (χ2n) is 3.88. The molecule has 86 valence electrons. The molecule has 15 heavy (non-hydrogen) atoms. The second-order valence-corrected chi connectivity index (χ2v) is 4.85. The Morgan fingerprint density at radius 1 is 1.67 bits per heavy atom. The molecule has 0 amide bonds. The standard InChI is InChI=1S/C10H17N3S.ClH/c1-13(7-10-6-12-8-14-10)9-3-2-4-11-5-9;/h6,8-9,11H,2-5,7H2,1H3;1H/t9-;/m1./s1. The van der Waals surface area contributed by atoms with Gasteiger partial charge in [-0.1, -0.05) is 0 Å². The predicted molar refractivity (Wildman–Crippen MR) is 66.7 cm³/mol. The summed E-state index contributed by atoms with van der Waals surface area (Å²) in [6, 6.07) is 0.700. The van der Waals surface area contributed by atoms with Crippen molar-refractivity contribution in [2.75, 3.05) is 20.1 Å². The van der Waals surface area contributed by atoms with Crippen LogP contribution in [0.3, 0.4) is 0 Å². The lowest BCUT2D eigenvalue weighted by Crippen LogP contribution is -2.43. The number of thiazole rings is 1. The Morgan fingerprint density at radius 2 is 2.53 bits per heavy atom. The third-order valence-corrected chi connectivity index (χ3v) is 3.55. The van der Waals surface area contributed by atoms with Crippen molar-refractivity contribution in [1.29, 1.82) is 0 Å². The lowest BCUT2D eigenvalue weighted by Gasteiger charge is -2.31. The van der Waals surface area contributed by atoms with Crippen molar-refractivity contribution in [2.24, 2.45) is 0 Å². The molecular formula is C10H18ClN3S. The maximum atomic E-state index is 4.10. The van der Waals surface area contributed by atoms with Gasteiger partial charge in [-0.15, -0.1) is 23.7 Å². The van der Waals surface area contributed by atoms with Crippen LogP contribution in [0.4, 0.5) is 0 Å². The largest absolute Gasteiger partial charge is 0.315 e. The zero-order chi connectivity index (χ0) is 9.80. The van der Waals surface area contributed by atoms with E-state index in [4.69, 9.17) is 0 Å². The molecule has 1 N–H and O–H groups in total. The summed E-state index contributed by atoms with van der Waals surface area (Å²) in [5.74, 6) is 0. The highest BCUT2D eigenvalue weighted by Crippen LogP contribution is 2.14. The molecule has 1 aliphatic heterocycles. The minimum atomic E-state index is 0. The third-order valence-electron chi connectivity index (χ3n) is 2.78. The van der Waals surface area contributed by atoms with Crippen LogP contribution in [0.1, 0.15) is 17.7 Å². The van der Waals surface area contributed by atoms with Gasteiger partial charge in [0.25, 0.3) is 0 Å². The molecule has 1 saturated heterocycles. The molecule has 0 aliphatic carbocycles. The molecule has 1 aromatic rings. The Morgan fingerprint density at radius 3 is 3.13 bits per heavy atom. The summed E-state index contributed by atoms with van der Waals surface area (Å²) < 4.78 is 0. The molecule has 2 rings (SSSR count). The van der Waals surface area contributed by atoms with Crippen molar-refractivity contribution in [3.63, 3.8) is 0 Å². The summed E-state index contributed by atoms with van der Waals surface area (Å²) in [6.07, 6.45) is 4.59. The summed E-state index contributed by atoms with van der Waals surface area (Å²) in [4.78, 5) is 7.89. The number of nitrogens with one attached hydrogen (secondary N) is 1. The van der Waals surface area contributed by atoms with Crippen LogP contribution >= 0.6 is 23.7 Å². The van der Waals surface area contributed by atoms with Crippen LogP contribution in [0.5, 0.6) is 0 Å². The highest BCUT2D eigenvalue weighted by atomic mass is 35.5. The zero-order valence-corrected chi connectivity index (χ0v) is 10.6. The van der Waals surface area contributed by atoms with Gasteiger partial charge in [0.2, 0.25) is 0 Å². The van der Waals surface area contributed by atoms with Crippen molar-refractivity contribution < 1.29 is 0 Å². The van der Waals surface area contributed by atoms with Crippen LogP contribution in [0.25, 0.3) is 0 Å².